The van der Waals surface area contributed by atoms with Gasteiger partial charge < -0.3 is 0 Å². The molecule has 0 saturated carbocycles. The van der Waals surface area contributed by atoms with Crippen molar-refractivity contribution in [3.63, 3.8) is 0 Å². The van der Waals surface area contributed by atoms with Gasteiger partial charge in [0.05, 0.1) is 5.32 Å². The first-order valence-electron chi connectivity index (χ1n) is 4.13. The van der Waals surface area contributed by atoms with E-state index in [4.69, 9.17) is 23.2 Å². The third kappa shape index (κ3) is 2.63. The first-order chi connectivity index (χ1) is 6.36. The van der Waals surface area contributed by atoms with Crippen molar-refractivity contribution in [2.24, 2.45) is 0 Å². The Morgan fingerprint density at radius 3 is 2.00 bits per heavy atom. The molecule has 0 aliphatic rings. The molecule has 0 spiro atoms. The lowest BCUT2D eigenvalue weighted by molar-refractivity contribution is 1.09. The number of halogens is 2. The number of thioether (sulfide) groups is 1. The van der Waals surface area contributed by atoms with Crippen molar-refractivity contribution in [3.8, 4) is 0 Å². The molecule has 1 heterocycles. The molecule has 0 amide bonds. The summed E-state index contributed by atoms with van der Waals surface area (Å²) in [6.45, 7) is 6.63. The number of rotatable bonds is 2. The summed E-state index contributed by atoms with van der Waals surface area (Å²) in [6, 6.07) is 0. The van der Waals surface area contributed by atoms with Crippen LogP contribution in [0.25, 0.3) is 0 Å². The molecule has 0 unspecified atom stereocenters. The van der Waals surface area contributed by atoms with Crippen molar-refractivity contribution in [1.29, 1.82) is 0 Å². The number of aromatic nitrogens is 2. The molecule has 0 radical (unpaired) electrons. The molecule has 2 nitrogen and oxygen atoms in total. The van der Waals surface area contributed by atoms with E-state index in [1.165, 1.54) is 0 Å². The van der Waals surface area contributed by atoms with Crippen LogP contribution in [-0.2, 0) is 0 Å². The smallest absolute Gasteiger partial charge is 0.167 e. The second-order valence-electron chi connectivity index (χ2n) is 3.91. The highest BCUT2D eigenvalue weighted by Crippen LogP contribution is 2.21. The van der Waals surface area contributed by atoms with Crippen LogP contribution < -0.4 is 5.32 Å². The molecular weight excluding hydrogens is 255 g/mol. The molecule has 0 N–H and O–H groups in total. The lowest BCUT2D eigenvalue weighted by Crippen LogP contribution is -2.42. The molecule has 0 aliphatic carbocycles. The first-order valence-corrected chi connectivity index (χ1v) is 9.62. The van der Waals surface area contributed by atoms with Gasteiger partial charge in [-0.05, 0) is 6.26 Å². The van der Waals surface area contributed by atoms with Crippen LogP contribution in [0.1, 0.15) is 0 Å². The van der Waals surface area contributed by atoms with E-state index < -0.39 is 8.07 Å². The first kappa shape index (κ1) is 12.3. The Kier molecular flexibility index (Phi) is 3.85. The number of nitrogens with zero attached hydrogens (tertiary/aromatic N) is 2. The lowest BCUT2D eigenvalue weighted by atomic mass is 10.7. The zero-order chi connectivity index (χ0) is 10.9. The van der Waals surface area contributed by atoms with E-state index in [1.54, 1.807) is 11.8 Å². The molecule has 6 heteroatoms. The number of hydrogen-bond acceptors (Lipinski definition) is 3. The minimum Gasteiger partial charge on any atom is -0.240 e. The molecule has 0 aromatic carbocycles. The predicted molar refractivity (Wildman–Crippen MR) is 66.8 cm³/mol. The SMILES string of the molecule is CSc1nc(Cl)c(Cl)nc1[Si](C)(C)C. The summed E-state index contributed by atoms with van der Waals surface area (Å²) in [4.78, 5) is 8.55. The van der Waals surface area contributed by atoms with Crippen molar-refractivity contribution >= 4 is 48.4 Å². The summed E-state index contributed by atoms with van der Waals surface area (Å²) in [5.41, 5.74) is 0. The fraction of sp³-hybridized carbons (Fsp3) is 0.500. The highest BCUT2D eigenvalue weighted by Gasteiger charge is 2.24. The topological polar surface area (TPSA) is 25.8 Å². The summed E-state index contributed by atoms with van der Waals surface area (Å²) in [5.74, 6) is 0. The third-order valence-corrected chi connectivity index (χ3v) is 4.93. The maximum absolute atomic E-state index is 5.86. The van der Waals surface area contributed by atoms with Gasteiger partial charge in [0, 0.05) is 0 Å². The Morgan fingerprint density at radius 1 is 1.07 bits per heavy atom. The van der Waals surface area contributed by atoms with Crippen molar-refractivity contribution in [3.05, 3.63) is 10.3 Å². The standard InChI is InChI=1S/C8H12Cl2N2SSi/c1-13-7-8(14(2,3)4)12-6(10)5(9)11-7/h1-4H3. The van der Waals surface area contributed by atoms with E-state index >= 15 is 0 Å². The monoisotopic (exact) mass is 266 g/mol. The Hall–Kier alpha value is 0.227. The molecule has 1 aromatic rings. The average Bonchev–Trinajstić information content (AvgIpc) is 2.07. The highest BCUT2D eigenvalue weighted by atomic mass is 35.5. The summed E-state index contributed by atoms with van der Waals surface area (Å²) in [7, 11) is -1.49. The van der Waals surface area contributed by atoms with Gasteiger partial charge in [-0.2, -0.15) is 0 Å². The van der Waals surface area contributed by atoms with Crippen molar-refractivity contribution in [1.82, 2.24) is 9.97 Å². The van der Waals surface area contributed by atoms with Crippen LogP contribution in [0.15, 0.2) is 5.03 Å². The van der Waals surface area contributed by atoms with E-state index in [0.29, 0.717) is 5.15 Å². The molecule has 0 aliphatic heterocycles. The number of hydrogen-bond donors (Lipinski definition) is 0. The molecule has 14 heavy (non-hydrogen) atoms. The quantitative estimate of drug-likeness (QED) is 0.608. The molecule has 78 valence electrons. The van der Waals surface area contributed by atoms with Gasteiger partial charge in [0.25, 0.3) is 0 Å². The Bertz CT molecular complexity index is 352. The molecule has 1 rings (SSSR count). The molecule has 0 atom stereocenters. The van der Waals surface area contributed by atoms with Crippen molar-refractivity contribution in [2.45, 2.75) is 24.7 Å². The zero-order valence-corrected chi connectivity index (χ0v) is 11.9. The van der Waals surface area contributed by atoms with Crippen molar-refractivity contribution in [2.75, 3.05) is 6.26 Å². The van der Waals surface area contributed by atoms with E-state index in [2.05, 4.69) is 29.6 Å². The fourth-order valence-corrected chi connectivity index (χ4v) is 4.18. The van der Waals surface area contributed by atoms with Crippen LogP contribution in [0.2, 0.25) is 29.9 Å². The van der Waals surface area contributed by atoms with Crippen LogP contribution in [0.3, 0.4) is 0 Å². The minimum absolute atomic E-state index is 0.290. The maximum Gasteiger partial charge on any atom is 0.167 e. The second kappa shape index (κ2) is 4.39. The molecular formula is C8H12Cl2N2SSi. The maximum atomic E-state index is 5.86. The largest absolute Gasteiger partial charge is 0.240 e. The fourth-order valence-electron chi connectivity index (χ4n) is 1.01. The second-order valence-corrected chi connectivity index (χ2v) is 10.4. The van der Waals surface area contributed by atoms with E-state index in [1.807, 2.05) is 6.26 Å². The Labute approximate surface area is 99.4 Å². The molecule has 0 bridgehead atoms. The van der Waals surface area contributed by atoms with Crippen LogP contribution in [0.4, 0.5) is 0 Å². The van der Waals surface area contributed by atoms with Gasteiger partial charge in [-0.15, -0.1) is 11.8 Å². The summed E-state index contributed by atoms with van der Waals surface area (Å²) in [5, 5.41) is 2.53. The van der Waals surface area contributed by atoms with E-state index in [-0.39, 0.29) is 5.15 Å². The van der Waals surface area contributed by atoms with Gasteiger partial charge in [0.2, 0.25) is 0 Å². The van der Waals surface area contributed by atoms with Gasteiger partial charge in [-0.3, -0.25) is 0 Å². The average molecular weight is 267 g/mol. The summed E-state index contributed by atoms with van der Waals surface area (Å²) >= 11 is 13.2. The summed E-state index contributed by atoms with van der Waals surface area (Å²) in [6.07, 6.45) is 1.97. The van der Waals surface area contributed by atoms with Crippen LogP contribution >= 0.6 is 35.0 Å². The van der Waals surface area contributed by atoms with Crippen LogP contribution in [-0.4, -0.2) is 24.3 Å². The molecule has 0 saturated heterocycles. The normalized spacial score (nSPS) is 11.9. The van der Waals surface area contributed by atoms with Gasteiger partial charge in [0.1, 0.15) is 13.1 Å². The van der Waals surface area contributed by atoms with E-state index in [0.717, 1.165) is 10.3 Å². The van der Waals surface area contributed by atoms with Crippen molar-refractivity contribution < 1.29 is 0 Å². The highest BCUT2D eigenvalue weighted by molar-refractivity contribution is 7.98. The molecule has 0 fully saturated rings. The predicted octanol–water partition coefficient (Wildman–Crippen LogP) is 3.05. The van der Waals surface area contributed by atoms with Gasteiger partial charge >= 0.3 is 0 Å². The van der Waals surface area contributed by atoms with Gasteiger partial charge in [-0.25, -0.2) is 9.97 Å². The zero-order valence-electron chi connectivity index (χ0n) is 8.56. The lowest BCUT2D eigenvalue weighted by Gasteiger charge is -2.18. The van der Waals surface area contributed by atoms with E-state index in [9.17, 15) is 0 Å². The summed E-state index contributed by atoms with van der Waals surface area (Å²) < 4.78 is 0. The van der Waals surface area contributed by atoms with Gasteiger partial charge in [0.15, 0.2) is 10.3 Å². The third-order valence-electron chi connectivity index (χ3n) is 1.69. The Balaban J connectivity index is 3.35. The van der Waals surface area contributed by atoms with Crippen LogP contribution in [0.5, 0.6) is 0 Å². The van der Waals surface area contributed by atoms with Crippen LogP contribution in [0, 0.1) is 0 Å². The van der Waals surface area contributed by atoms with Gasteiger partial charge in [-0.1, -0.05) is 42.8 Å². The Morgan fingerprint density at radius 2 is 1.57 bits per heavy atom. The molecule has 1 aromatic heterocycles. The minimum atomic E-state index is -1.49.